The Balaban J connectivity index is 2.89. The first kappa shape index (κ1) is 17.5. The number of aliphatic carboxylic acids is 1. The number of methoxy groups -OCH3 is 1. The van der Waals surface area contributed by atoms with Crippen molar-refractivity contribution in [1.29, 1.82) is 0 Å². The van der Waals surface area contributed by atoms with Crippen molar-refractivity contribution >= 4 is 17.8 Å². The van der Waals surface area contributed by atoms with Gasteiger partial charge < -0.3 is 20.1 Å². The van der Waals surface area contributed by atoms with Crippen LogP contribution in [0.1, 0.15) is 24.2 Å². The standard InChI is InChI=1S/C15H20N2O5/c1-10(15(20)21)17(9-8-16-11(2)18)14(19)12-4-6-13(22-3)7-5-12/h4-7,10H,8-9H2,1-3H3,(H,16,18)(H,20,21). The van der Waals surface area contributed by atoms with Crippen molar-refractivity contribution in [2.45, 2.75) is 19.9 Å². The van der Waals surface area contributed by atoms with Gasteiger partial charge in [0.1, 0.15) is 11.8 Å². The molecule has 1 aromatic carbocycles. The fourth-order valence-corrected chi connectivity index (χ4v) is 1.86. The number of nitrogens with zero attached hydrogens (tertiary/aromatic N) is 1. The van der Waals surface area contributed by atoms with Crippen molar-refractivity contribution in [2.75, 3.05) is 20.2 Å². The topological polar surface area (TPSA) is 95.9 Å². The molecular weight excluding hydrogens is 288 g/mol. The molecule has 0 radical (unpaired) electrons. The number of carboxylic acids is 1. The van der Waals surface area contributed by atoms with Crippen LogP contribution in [-0.4, -0.2) is 54.0 Å². The van der Waals surface area contributed by atoms with Gasteiger partial charge in [-0.1, -0.05) is 0 Å². The van der Waals surface area contributed by atoms with E-state index < -0.39 is 17.9 Å². The van der Waals surface area contributed by atoms with Gasteiger partial charge in [-0.05, 0) is 31.2 Å². The van der Waals surface area contributed by atoms with E-state index in [1.807, 2.05) is 0 Å². The van der Waals surface area contributed by atoms with E-state index in [9.17, 15) is 14.4 Å². The Morgan fingerprint density at radius 2 is 1.86 bits per heavy atom. The third-order valence-corrected chi connectivity index (χ3v) is 3.15. The first-order chi connectivity index (χ1) is 10.4. The quantitative estimate of drug-likeness (QED) is 0.775. The molecule has 7 nitrogen and oxygen atoms in total. The minimum Gasteiger partial charge on any atom is -0.497 e. The summed E-state index contributed by atoms with van der Waals surface area (Å²) in [6, 6.07) is 5.40. The van der Waals surface area contributed by atoms with Gasteiger partial charge in [-0.15, -0.1) is 0 Å². The van der Waals surface area contributed by atoms with Crippen molar-refractivity contribution in [3.05, 3.63) is 29.8 Å². The largest absolute Gasteiger partial charge is 0.497 e. The molecule has 0 bridgehead atoms. The lowest BCUT2D eigenvalue weighted by Crippen LogP contribution is -2.46. The molecule has 0 aliphatic carbocycles. The summed E-state index contributed by atoms with van der Waals surface area (Å²) in [6.07, 6.45) is 0. The average Bonchev–Trinajstić information content (AvgIpc) is 2.50. The van der Waals surface area contributed by atoms with E-state index in [2.05, 4.69) is 5.32 Å². The highest BCUT2D eigenvalue weighted by Gasteiger charge is 2.26. The monoisotopic (exact) mass is 308 g/mol. The minimum atomic E-state index is -1.11. The summed E-state index contributed by atoms with van der Waals surface area (Å²) in [5.74, 6) is -1.15. The molecule has 120 valence electrons. The summed E-state index contributed by atoms with van der Waals surface area (Å²) in [6.45, 7) is 3.08. The number of nitrogens with one attached hydrogen (secondary N) is 1. The SMILES string of the molecule is COc1ccc(C(=O)N(CCNC(C)=O)C(C)C(=O)O)cc1. The van der Waals surface area contributed by atoms with E-state index in [4.69, 9.17) is 9.84 Å². The van der Waals surface area contributed by atoms with E-state index in [0.29, 0.717) is 11.3 Å². The molecule has 1 unspecified atom stereocenters. The lowest BCUT2D eigenvalue weighted by Gasteiger charge is -2.26. The Labute approximate surface area is 128 Å². The van der Waals surface area contributed by atoms with Crippen LogP contribution >= 0.6 is 0 Å². The molecule has 0 aromatic heterocycles. The van der Waals surface area contributed by atoms with Gasteiger partial charge >= 0.3 is 5.97 Å². The molecule has 0 heterocycles. The number of hydrogen-bond donors (Lipinski definition) is 2. The van der Waals surface area contributed by atoms with E-state index in [0.717, 1.165) is 0 Å². The van der Waals surface area contributed by atoms with Crippen molar-refractivity contribution in [3.8, 4) is 5.75 Å². The maximum atomic E-state index is 12.5. The van der Waals surface area contributed by atoms with Gasteiger partial charge in [0.15, 0.2) is 0 Å². The van der Waals surface area contributed by atoms with Gasteiger partial charge in [-0.25, -0.2) is 4.79 Å². The molecule has 7 heteroatoms. The summed E-state index contributed by atoms with van der Waals surface area (Å²) in [4.78, 5) is 35.8. The molecule has 0 saturated carbocycles. The van der Waals surface area contributed by atoms with Gasteiger partial charge in [0.2, 0.25) is 5.91 Å². The number of ether oxygens (including phenoxy) is 1. The number of amides is 2. The predicted octanol–water partition coefficient (Wildman–Crippen LogP) is 0.747. The molecule has 0 aliphatic heterocycles. The highest BCUT2D eigenvalue weighted by molar-refractivity contribution is 5.96. The van der Waals surface area contributed by atoms with Gasteiger partial charge in [0.05, 0.1) is 7.11 Å². The number of hydrogen-bond acceptors (Lipinski definition) is 4. The molecule has 2 amide bonds. The molecule has 1 atom stereocenters. The van der Waals surface area contributed by atoms with Crippen LogP contribution in [0.15, 0.2) is 24.3 Å². The molecule has 1 rings (SSSR count). The minimum absolute atomic E-state index is 0.109. The Kier molecular flexibility index (Phi) is 6.37. The first-order valence-electron chi connectivity index (χ1n) is 6.79. The lowest BCUT2D eigenvalue weighted by atomic mass is 10.1. The van der Waals surface area contributed by atoms with Gasteiger partial charge in [0.25, 0.3) is 5.91 Å². The van der Waals surface area contributed by atoms with Crippen LogP contribution in [0.4, 0.5) is 0 Å². The fourth-order valence-electron chi connectivity index (χ4n) is 1.86. The van der Waals surface area contributed by atoms with Crippen LogP contribution in [0.3, 0.4) is 0 Å². The first-order valence-corrected chi connectivity index (χ1v) is 6.79. The van der Waals surface area contributed by atoms with Gasteiger partial charge in [-0.2, -0.15) is 0 Å². The van der Waals surface area contributed by atoms with Crippen molar-refractivity contribution in [2.24, 2.45) is 0 Å². The van der Waals surface area contributed by atoms with Crippen molar-refractivity contribution in [1.82, 2.24) is 10.2 Å². The third-order valence-electron chi connectivity index (χ3n) is 3.15. The number of rotatable bonds is 7. The Morgan fingerprint density at radius 3 is 2.32 bits per heavy atom. The van der Waals surface area contributed by atoms with Gasteiger partial charge in [-0.3, -0.25) is 9.59 Å². The van der Waals surface area contributed by atoms with Crippen molar-refractivity contribution in [3.63, 3.8) is 0 Å². The molecule has 1 aromatic rings. The Hall–Kier alpha value is -2.57. The normalized spacial score (nSPS) is 11.4. The fraction of sp³-hybridized carbons (Fsp3) is 0.400. The smallest absolute Gasteiger partial charge is 0.326 e. The maximum Gasteiger partial charge on any atom is 0.326 e. The molecular formula is C15H20N2O5. The molecule has 22 heavy (non-hydrogen) atoms. The van der Waals surface area contributed by atoms with Crippen molar-refractivity contribution < 1.29 is 24.2 Å². The Bertz CT molecular complexity index is 541. The maximum absolute atomic E-state index is 12.5. The zero-order valence-corrected chi connectivity index (χ0v) is 12.8. The van der Waals surface area contributed by atoms with Crippen LogP contribution in [0, 0.1) is 0 Å². The van der Waals surface area contributed by atoms with E-state index in [-0.39, 0.29) is 19.0 Å². The molecule has 0 fully saturated rings. The van der Waals surface area contributed by atoms with Crippen LogP contribution in [-0.2, 0) is 9.59 Å². The van der Waals surface area contributed by atoms with E-state index in [1.54, 1.807) is 24.3 Å². The van der Waals surface area contributed by atoms with E-state index in [1.165, 1.54) is 25.9 Å². The highest BCUT2D eigenvalue weighted by Crippen LogP contribution is 2.14. The molecule has 0 saturated heterocycles. The second-order valence-corrected chi connectivity index (χ2v) is 4.72. The summed E-state index contributed by atoms with van der Waals surface area (Å²) in [7, 11) is 1.52. The second kappa shape index (κ2) is 8.02. The zero-order chi connectivity index (χ0) is 16.7. The Morgan fingerprint density at radius 1 is 1.27 bits per heavy atom. The van der Waals surface area contributed by atoms with Crippen LogP contribution in [0.2, 0.25) is 0 Å². The molecule has 0 spiro atoms. The lowest BCUT2D eigenvalue weighted by molar-refractivity contribution is -0.141. The number of carbonyl (C=O) groups is 3. The molecule has 2 N–H and O–H groups in total. The number of carbonyl (C=O) groups excluding carboxylic acids is 2. The third kappa shape index (κ3) is 4.76. The van der Waals surface area contributed by atoms with Crippen LogP contribution in [0.25, 0.3) is 0 Å². The van der Waals surface area contributed by atoms with Gasteiger partial charge in [0, 0.05) is 25.6 Å². The summed E-state index contributed by atoms with van der Waals surface area (Å²) in [5, 5.41) is 11.7. The van der Waals surface area contributed by atoms with E-state index >= 15 is 0 Å². The predicted molar refractivity (Wildman–Crippen MR) is 79.8 cm³/mol. The summed E-state index contributed by atoms with van der Waals surface area (Å²) in [5.41, 5.74) is 0.358. The summed E-state index contributed by atoms with van der Waals surface area (Å²) >= 11 is 0. The molecule has 0 aliphatic rings. The van der Waals surface area contributed by atoms with Crippen LogP contribution in [0.5, 0.6) is 5.75 Å². The second-order valence-electron chi connectivity index (χ2n) is 4.72. The average molecular weight is 308 g/mol. The van der Waals surface area contributed by atoms with Crippen LogP contribution < -0.4 is 10.1 Å². The number of carboxylic acid groups (broad SMARTS) is 1. The zero-order valence-electron chi connectivity index (χ0n) is 12.8. The highest BCUT2D eigenvalue weighted by atomic mass is 16.5. The summed E-state index contributed by atoms with van der Waals surface area (Å²) < 4.78 is 5.02. The number of benzene rings is 1.